The molecule has 0 aliphatic carbocycles. The van der Waals surface area contributed by atoms with Crippen LogP contribution < -0.4 is 14.8 Å². The molecular weight excluding hydrogens is 310 g/mol. The molecule has 0 heterocycles. The van der Waals surface area contributed by atoms with Crippen LogP contribution >= 0.6 is 0 Å². The van der Waals surface area contributed by atoms with Gasteiger partial charge in [-0.3, -0.25) is 4.79 Å². The van der Waals surface area contributed by atoms with Crippen molar-refractivity contribution in [3.63, 3.8) is 0 Å². The van der Waals surface area contributed by atoms with Gasteiger partial charge in [-0.05, 0) is 55.3 Å². The molecule has 0 spiro atoms. The van der Waals surface area contributed by atoms with Gasteiger partial charge in [-0.1, -0.05) is 6.07 Å². The molecule has 2 N–H and O–H groups in total. The summed E-state index contributed by atoms with van der Waals surface area (Å²) in [5.74, 6) is -0.511. The number of rotatable bonds is 6. The molecule has 0 radical (unpaired) electrons. The van der Waals surface area contributed by atoms with Gasteiger partial charge < -0.3 is 19.9 Å². The fourth-order valence-electron chi connectivity index (χ4n) is 2.29. The Morgan fingerprint density at radius 3 is 2.33 bits per heavy atom. The molecule has 2 aromatic carbocycles. The largest absolute Gasteiger partial charge is 0.495 e. The first-order chi connectivity index (χ1) is 11.4. The minimum absolute atomic E-state index is 0.0568. The van der Waals surface area contributed by atoms with Gasteiger partial charge in [-0.15, -0.1) is 0 Å². The fraction of sp³-hybridized carbons (Fsp3) is 0.222. The maximum Gasteiger partial charge on any atom is 0.335 e. The van der Waals surface area contributed by atoms with Crippen LogP contribution in [0.5, 0.6) is 11.5 Å². The number of methoxy groups -OCH3 is 1. The van der Waals surface area contributed by atoms with E-state index in [1.54, 1.807) is 0 Å². The smallest absolute Gasteiger partial charge is 0.335 e. The lowest BCUT2D eigenvalue weighted by Crippen LogP contribution is -2.20. The van der Waals surface area contributed by atoms with Crippen LogP contribution in [0.1, 0.15) is 21.5 Å². The molecule has 0 aliphatic heterocycles. The molecule has 126 valence electrons. The Morgan fingerprint density at radius 1 is 1.08 bits per heavy atom. The maximum atomic E-state index is 12.1. The predicted molar refractivity (Wildman–Crippen MR) is 90.0 cm³/mol. The van der Waals surface area contributed by atoms with Crippen molar-refractivity contribution >= 4 is 17.6 Å². The van der Waals surface area contributed by atoms with Gasteiger partial charge in [0.1, 0.15) is 11.5 Å². The number of benzene rings is 2. The molecule has 0 saturated carbocycles. The number of nitrogens with one attached hydrogen (secondary N) is 1. The van der Waals surface area contributed by atoms with E-state index in [2.05, 4.69) is 5.32 Å². The molecule has 6 heteroatoms. The maximum absolute atomic E-state index is 12.1. The molecule has 24 heavy (non-hydrogen) atoms. The van der Waals surface area contributed by atoms with Crippen LogP contribution in [-0.4, -0.2) is 30.7 Å². The van der Waals surface area contributed by atoms with Gasteiger partial charge in [0, 0.05) is 0 Å². The minimum Gasteiger partial charge on any atom is -0.495 e. The van der Waals surface area contributed by atoms with Crippen molar-refractivity contribution in [2.45, 2.75) is 13.8 Å². The van der Waals surface area contributed by atoms with Gasteiger partial charge in [0.2, 0.25) is 0 Å². The topological polar surface area (TPSA) is 84.9 Å². The molecule has 2 rings (SSSR count). The summed E-state index contributed by atoms with van der Waals surface area (Å²) >= 11 is 0. The van der Waals surface area contributed by atoms with Crippen molar-refractivity contribution in [3.8, 4) is 11.5 Å². The van der Waals surface area contributed by atoms with Crippen LogP contribution in [0, 0.1) is 13.8 Å². The first-order valence-electron chi connectivity index (χ1n) is 7.31. The average Bonchev–Trinajstić information content (AvgIpc) is 2.52. The molecule has 0 atom stereocenters. The number of carboxylic acids is 1. The normalized spacial score (nSPS) is 10.1. The molecule has 0 unspecified atom stereocenters. The van der Waals surface area contributed by atoms with Crippen molar-refractivity contribution < 1.29 is 24.2 Å². The highest BCUT2D eigenvalue weighted by Crippen LogP contribution is 2.25. The molecule has 0 bridgehead atoms. The lowest BCUT2D eigenvalue weighted by Gasteiger charge is -2.12. The zero-order chi connectivity index (χ0) is 17.7. The molecule has 0 aromatic heterocycles. The van der Waals surface area contributed by atoms with E-state index in [-0.39, 0.29) is 17.9 Å². The van der Waals surface area contributed by atoms with E-state index in [0.717, 1.165) is 11.1 Å². The van der Waals surface area contributed by atoms with Gasteiger partial charge in [-0.25, -0.2) is 4.79 Å². The third-order valence-corrected chi connectivity index (χ3v) is 3.29. The Bertz CT molecular complexity index is 750. The zero-order valence-electron chi connectivity index (χ0n) is 13.8. The third-order valence-electron chi connectivity index (χ3n) is 3.29. The number of aromatic carboxylic acids is 1. The minimum atomic E-state index is -1.08. The van der Waals surface area contributed by atoms with Gasteiger partial charge in [0.05, 0.1) is 18.4 Å². The number of anilines is 1. The second kappa shape index (κ2) is 7.50. The number of ether oxygens (including phenoxy) is 2. The Labute approximate surface area is 140 Å². The summed E-state index contributed by atoms with van der Waals surface area (Å²) in [7, 11) is 1.44. The predicted octanol–water partition coefficient (Wildman–Crippen LogP) is 3.03. The number of aryl methyl sites for hydroxylation is 2. The molecule has 2 aromatic rings. The van der Waals surface area contributed by atoms with Crippen molar-refractivity contribution in [1.29, 1.82) is 0 Å². The highest BCUT2D eigenvalue weighted by molar-refractivity contribution is 5.96. The average molecular weight is 329 g/mol. The lowest BCUT2D eigenvalue weighted by atomic mass is 10.1. The van der Waals surface area contributed by atoms with Crippen LogP contribution in [0.25, 0.3) is 0 Å². The van der Waals surface area contributed by atoms with E-state index in [9.17, 15) is 9.59 Å². The summed E-state index contributed by atoms with van der Waals surface area (Å²) in [4.78, 5) is 23.1. The highest BCUT2D eigenvalue weighted by atomic mass is 16.5. The second-order valence-corrected chi connectivity index (χ2v) is 5.38. The van der Waals surface area contributed by atoms with Gasteiger partial charge in [0.25, 0.3) is 5.91 Å². The SMILES string of the molecule is COc1ccc(C(=O)O)cc1NC(=O)COc1cc(C)cc(C)c1. The Morgan fingerprint density at radius 2 is 1.75 bits per heavy atom. The Kier molecular flexibility index (Phi) is 5.42. The number of carbonyl (C=O) groups is 2. The Balaban J connectivity index is 2.06. The van der Waals surface area contributed by atoms with E-state index < -0.39 is 11.9 Å². The number of amides is 1. The summed E-state index contributed by atoms with van der Waals surface area (Å²) < 4.78 is 10.6. The summed E-state index contributed by atoms with van der Waals surface area (Å²) in [5, 5.41) is 11.6. The second-order valence-electron chi connectivity index (χ2n) is 5.38. The zero-order valence-corrected chi connectivity index (χ0v) is 13.8. The molecule has 0 saturated heterocycles. The van der Waals surface area contributed by atoms with Crippen LogP contribution in [0.3, 0.4) is 0 Å². The van der Waals surface area contributed by atoms with E-state index in [1.807, 2.05) is 32.0 Å². The van der Waals surface area contributed by atoms with Crippen LogP contribution in [0.4, 0.5) is 5.69 Å². The molecule has 1 amide bonds. The van der Waals surface area contributed by atoms with Gasteiger partial charge >= 0.3 is 5.97 Å². The first-order valence-corrected chi connectivity index (χ1v) is 7.31. The Hall–Kier alpha value is -3.02. The van der Waals surface area contributed by atoms with E-state index >= 15 is 0 Å². The summed E-state index contributed by atoms with van der Waals surface area (Å²) in [6, 6.07) is 9.93. The van der Waals surface area contributed by atoms with Crippen molar-refractivity contribution in [2.24, 2.45) is 0 Å². The summed E-state index contributed by atoms with van der Waals surface area (Å²) in [6.45, 7) is 3.70. The quantitative estimate of drug-likeness (QED) is 0.851. The fourth-order valence-corrected chi connectivity index (χ4v) is 2.29. The van der Waals surface area contributed by atoms with Crippen molar-refractivity contribution in [3.05, 3.63) is 53.1 Å². The third kappa shape index (κ3) is 4.49. The number of hydrogen-bond donors (Lipinski definition) is 2. The van der Waals surface area contributed by atoms with Crippen molar-refractivity contribution in [2.75, 3.05) is 19.0 Å². The highest BCUT2D eigenvalue weighted by Gasteiger charge is 2.12. The van der Waals surface area contributed by atoms with E-state index in [0.29, 0.717) is 11.5 Å². The summed E-state index contributed by atoms with van der Waals surface area (Å²) in [6.07, 6.45) is 0. The van der Waals surface area contributed by atoms with Crippen molar-refractivity contribution in [1.82, 2.24) is 0 Å². The monoisotopic (exact) mass is 329 g/mol. The van der Waals surface area contributed by atoms with Crippen LogP contribution in [-0.2, 0) is 4.79 Å². The molecule has 0 aliphatic rings. The van der Waals surface area contributed by atoms with Crippen LogP contribution in [0.2, 0.25) is 0 Å². The lowest BCUT2D eigenvalue weighted by molar-refractivity contribution is -0.118. The molecule has 0 fully saturated rings. The van der Waals surface area contributed by atoms with Gasteiger partial charge in [0.15, 0.2) is 6.61 Å². The molecule has 6 nitrogen and oxygen atoms in total. The van der Waals surface area contributed by atoms with E-state index in [1.165, 1.54) is 25.3 Å². The summed E-state index contributed by atoms with van der Waals surface area (Å²) in [5.41, 5.74) is 2.43. The molecular formula is C18H19NO5. The number of hydrogen-bond acceptors (Lipinski definition) is 4. The number of carboxylic acid groups (broad SMARTS) is 1. The standard InChI is InChI=1S/C18H19NO5/c1-11-6-12(2)8-14(7-11)24-10-17(20)19-15-9-13(18(21)22)4-5-16(15)23-3/h4-9H,10H2,1-3H3,(H,19,20)(H,21,22). The van der Waals surface area contributed by atoms with Gasteiger partial charge in [-0.2, -0.15) is 0 Å². The first kappa shape index (κ1) is 17.3. The van der Waals surface area contributed by atoms with Crippen LogP contribution in [0.15, 0.2) is 36.4 Å². The number of carbonyl (C=O) groups excluding carboxylic acids is 1. The van der Waals surface area contributed by atoms with E-state index in [4.69, 9.17) is 14.6 Å².